The van der Waals surface area contributed by atoms with Crippen LogP contribution in [0.15, 0.2) is 54.6 Å². The summed E-state index contributed by atoms with van der Waals surface area (Å²) in [6.07, 6.45) is -0.330. The number of rotatable bonds is 5. The molecule has 0 aliphatic heterocycles. The van der Waals surface area contributed by atoms with Gasteiger partial charge in [0, 0.05) is 0 Å². The van der Waals surface area contributed by atoms with Gasteiger partial charge < -0.3 is 4.74 Å². The van der Waals surface area contributed by atoms with Crippen molar-refractivity contribution < 1.29 is 9.53 Å². The highest BCUT2D eigenvalue weighted by molar-refractivity contribution is 5.79. The molecule has 2 rings (SSSR count). The van der Waals surface area contributed by atoms with Crippen molar-refractivity contribution in [2.75, 3.05) is 0 Å². The fourth-order valence-corrected chi connectivity index (χ4v) is 1.84. The van der Waals surface area contributed by atoms with Crippen LogP contribution in [-0.4, -0.2) is 12.1 Å². The summed E-state index contributed by atoms with van der Waals surface area (Å²) in [5, 5.41) is 0. The first-order valence-electron chi connectivity index (χ1n) is 6.24. The van der Waals surface area contributed by atoms with E-state index < -0.39 is 12.1 Å². The van der Waals surface area contributed by atoms with Crippen molar-refractivity contribution in [2.45, 2.75) is 12.6 Å². The van der Waals surface area contributed by atoms with E-state index in [4.69, 9.17) is 16.3 Å². The zero-order valence-corrected chi connectivity index (χ0v) is 11.0. The Morgan fingerprint density at radius 3 is 2.50 bits per heavy atom. The topological polar surface area (TPSA) is 90.4 Å². The van der Waals surface area contributed by atoms with E-state index in [0.717, 1.165) is 12.0 Å². The van der Waals surface area contributed by atoms with Gasteiger partial charge in [-0.1, -0.05) is 42.5 Å². The highest BCUT2D eigenvalue weighted by Crippen LogP contribution is 2.17. The second-order valence-corrected chi connectivity index (χ2v) is 4.36. The van der Waals surface area contributed by atoms with Crippen LogP contribution < -0.4 is 21.7 Å². The lowest BCUT2D eigenvalue weighted by Gasteiger charge is -2.13. The van der Waals surface area contributed by atoms with Gasteiger partial charge >= 0.3 is 0 Å². The lowest BCUT2D eigenvalue weighted by molar-refractivity contribution is -0.127. The maximum absolute atomic E-state index is 11.2. The van der Waals surface area contributed by atoms with Crippen molar-refractivity contribution in [1.82, 2.24) is 5.43 Å². The van der Waals surface area contributed by atoms with E-state index >= 15 is 0 Å². The molecule has 0 bridgehead atoms. The molecule has 0 fully saturated rings. The van der Waals surface area contributed by atoms with Gasteiger partial charge in [-0.05, 0) is 29.7 Å². The second-order valence-electron chi connectivity index (χ2n) is 4.36. The Bertz CT molecular complexity index is 572. The van der Waals surface area contributed by atoms with Gasteiger partial charge in [-0.2, -0.15) is 0 Å². The average Bonchev–Trinajstić information content (AvgIpc) is 2.47. The van der Waals surface area contributed by atoms with Crippen LogP contribution in [0.3, 0.4) is 0 Å². The molecule has 0 aliphatic carbocycles. The number of hydrogen-bond acceptors (Lipinski definition) is 4. The average molecular weight is 271 g/mol. The number of nitrogens with two attached hydrogens (primary N) is 2. The molecule has 5 nitrogen and oxygen atoms in total. The molecule has 5 heteroatoms. The largest absolute Gasteiger partial charge is 0.466 e. The SMILES string of the molecule is NNC(=O)[C@@H](N)Oc1cccc(Cc2ccccc2)c1. The number of carbonyl (C=O) groups excluding carboxylic acids is 1. The van der Waals surface area contributed by atoms with Gasteiger partial charge in [0.25, 0.3) is 5.91 Å². The minimum atomic E-state index is -1.12. The quantitative estimate of drug-likeness (QED) is 0.326. The summed E-state index contributed by atoms with van der Waals surface area (Å²) in [5.41, 5.74) is 9.78. The molecule has 104 valence electrons. The predicted molar refractivity (Wildman–Crippen MR) is 76.6 cm³/mol. The molecule has 2 aromatic carbocycles. The van der Waals surface area contributed by atoms with E-state index in [1.807, 2.05) is 41.8 Å². The molecule has 0 heterocycles. The molecule has 0 radical (unpaired) electrons. The molecule has 2 aromatic rings. The van der Waals surface area contributed by atoms with Crippen LogP contribution >= 0.6 is 0 Å². The molecular formula is C15H17N3O2. The minimum absolute atomic E-state index is 0.537. The Morgan fingerprint density at radius 1 is 1.10 bits per heavy atom. The summed E-state index contributed by atoms with van der Waals surface area (Å²) in [7, 11) is 0. The molecule has 1 atom stereocenters. The first-order valence-corrected chi connectivity index (χ1v) is 6.24. The zero-order valence-electron chi connectivity index (χ0n) is 11.0. The Hall–Kier alpha value is -2.37. The first kappa shape index (κ1) is 14.0. The van der Waals surface area contributed by atoms with Gasteiger partial charge in [-0.25, -0.2) is 5.84 Å². The van der Waals surface area contributed by atoms with Gasteiger partial charge in [-0.15, -0.1) is 0 Å². The molecule has 0 saturated heterocycles. The molecule has 0 aromatic heterocycles. The van der Waals surface area contributed by atoms with Crippen molar-refractivity contribution in [3.05, 3.63) is 65.7 Å². The standard InChI is InChI=1S/C15H17N3O2/c16-14(15(19)18-17)20-13-8-4-7-12(10-13)9-11-5-2-1-3-6-11/h1-8,10,14H,9,16-17H2,(H,18,19)/t14-/m0/s1. The summed E-state index contributed by atoms with van der Waals surface area (Å²) in [5.74, 6) is 4.96. The van der Waals surface area contributed by atoms with Crippen molar-refractivity contribution >= 4 is 5.91 Å². The summed E-state index contributed by atoms with van der Waals surface area (Å²) >= 11 is 0. The van der Waals surface area contributed by atoms with Gasteiger partial charge in [0.05, 0.1) is 0 Å². The summed E-state index contributed by atoms with van der Waals surface area (Å²) in [6.45, 7) is 0. The molecule has 0 unspecified atom stereocenters. The summed E-state index contributed by atoms with van der Waals surface area (Å²) in [6, 6.07) is 17.5. The Morgan fingerprint density at radius 2 is 1.80 bits per heavy atom. The molecule has 0 aliphatic rings. The smallest absolute Gasteiger partial charge is 0.290 e. The number of ether oxygens (including phenoxy) is 1. The first-order chi connectivity index (χ1) is 9.69. The van der Waals surface area contributed by atoms with Gasteiger partial charge in [0.1, 0.15) is 5.75 Å². The van der Waals surface area contributed by atoms with Crippen molar-refractivity contribution in [1.29, 1.82) is 0 Å². The summed E-state index contributed by atoms with van der Waals surface area (Å²) < 4.78 is 5.33. The van der Waals surface area contributed by atoms with Gasteiger partial charge in [0.15, 0.2) is 0 Å². The number of hydrogen-bond donors (Lipinski definition) is 3. The van der Waals surface area contributed by atoms with E-state index in [1.54, 1.807) is 6.07 Å². The Balaban J connectivity index is 2.06. The molecule has 5 N–H and O–H groups in total. The van der Waals surface area contributed by atoms with E-state index in [9.17, 15) is 4.79 Å². The van der Waals surface area contributed by atoms with E-state index in [-0.39, 0.29) is 0 Å². The van der Waals surface area contributed by atoms with Crippen LogP contribution in [0.4, 0.5) is 0 Å². The number of carbonyl (C=O) groups is 1. The normalized spacial score (nSPS) is 11.7. The number of amides is 1. The van der Waals surface area contributed by atoms with Gasteiger partial charge in [0.2, 0.25) is 6.23 Å². The third-order valence-corrected chi connectivity index (χ3v) is 2.81. The maximum Gasteiger partial charge on any atom is 0.290 e. The Kier molecular flexibility index (Phi) is 4.70. The van der Waals surface area contributed by atoms with E-state index in [0.29, 0.717) is 5.75 Å². The van der Waals surface area contributed by atoms with Crippen LogP contribution in [0.5, 0.6) is 5.75 Å². The van der Waals surface area contributed by atoms with Gasteiger partial charge in [-0.3, -0.25) is 16.0 Å². The summed E-state index contributed by atoms with van der Waals surface area (Å²) in [4.78, 5) is 11.2. The number of benzene rings is 2. The van der Waals surface area contributed by atoms with Crippen LogP contribution in [-0.2, 0) is 11.2 Å². The fraction of sp³-hybridized carbons (Fsp3) is 0.133. The van der Waals surface area contributed by atoms with Crippen LogP contribution in [0.1, 0.15) is 11.1 Å². The lowest BCUT2D eigenvalue weighted by Crippen LogP contribution is -2.47. The third kappa shape index (κ3) is 3.81. The molecule has 0 spiro atoms. The maximum atomic E-state index is 11.2. The van der Waals surface area contributed by atoms with E-state index in [1.165, 1.54) is 5.56 Å². The molecule has 0 saturated carbocycles. The van der Waals surface area contributed by atoms with Crippen molar-refractivity contribution in [2.24, 2.45) is 11.6 Å². The monoisotopic (exact) mass is 271 g/mol. The zero-order chi connectivity index (χ0) is 14.4. The molecule has 20 heavy (non-hydrogen) atoms. The predicted octanol–water partition coefficient (Wildman–Crippen LogP) is 0.931. The second kappa shape index (κ2) is 6.70. The van der Waals surface area contributed by atoms with Crippen LogP contribution in [0.25, 0.3) is 0 Å². The van der Waals surface area contributed by atoms with Crippen molar-refractivity contribution in [3.8, 4) is 5.75 Å². The lowest BCUT2D eigenvalue weighted by atomic mass is 10.1. The number of hydrazine groups is 1. The molecular weight excluding hydrogens is 254 g/mol. The van der Waals surface area contributed by atoms with Crippen LogP contribution in [0.2, 0.25) is 0 Å². The van der Waals surface area contributed by atoms with E-state index in [2.05, 4.69) is 12.1 Å². The highest BCUT2D eigenvalue weighted by Gasteiger charge is 2.13. The third-order valence-electron chi connectivity index (χ3n) is 2.81. The van der Waals surface area contributed by atoms with Crippen LogP contribution in [0, 0.1) is 0 Å². The minimum Gasteiger partial charge on any atom is -0.466 e. The fourth-order valence-electron chi connectivity index (χ4n) is 1.84. The highest BCUT2D eigenvalue weighted by atomic mass is 16.5. The molecule has 1 amide bonds. The van der Waals surface area contributed by atoms with Crippen molar-refractivity contribution in [3.63, 3.8) is 0 Å². The Labute approximate surface area is 117 Å². The number of nitrogens with one attached hydrogen (secondary N) is 1.